The smallest absolute Gasteiger partial charge is 0.229 e. The van der Waals surface area contributed by atoms with Crippen molar-refractivity contribution in [2.75, 3.05) is 5.32 Å². The zero-order valence-electron chi connectivity index (χ0n) is 15.4. The van der Waals surface area contributed by atoms with Crippen molar-refractivity contribution in [3.8, 4) is 0 Å². The zero-order valence-corrected chi connectivity index (χ0v) is 16.2. The molecule has 0 aliphatic heterocycles. The molecule has 0 atom stereocenters. The molecule has 4 N–H and O–H groups in total. The summed E-state index contributed by atoms with van der Waals surface area (Å²) in [6.07, 6.45) is 0.323. The normalized spacial score (nSPS) is 12.0. The van der Waals surface area contributed by atoms with Crippen LogP contribution in [0.25, 0.3) is 0 Å². The maximum absolute atomic E-state index is 12.2. The Balaban J connectivity index is 3.05. The second-order valence-electron chi connectivity index (χ2n) is 7.86. The van der Waals surface area contributed by atoms with Gasteiger partial charge in [-0.25, -0.2) is 0 Å². The van der Waals surface area contributed by atoms with E-state index in [2.05, 4.69) is 26.1 Å². The van der Waals surface area contributed by atoms with Crippen molar-refractivity contribution in [3.63, 3.8) is 0 Å². The minimum absolute atomic E-state index is 0.0329. The van der Waals surface area contributed by atoms with Crippen LogP contribution >= 0.6 is 11.8 Å². The quantitative estimate of drug-likeness (QED) is 0.364. The summed E-state index contributed by atoms with van der Waals surface area (Å²) in [5, 5.41) is 19.5. The number of carbonyl (C=O) groups is 1. The van der Waals surface area contributed by atoms with E-state index in [1.54, 1.807) is 11.8 Å². The summed E-state index contributed by atoms with van der Waals surface area (Å²) in [6, 6.07) is 5.71. The molecular formula is C18H29N3O2S. The highest BCUT2D eigenvalue weighted by Gasteiger charge is 2.21. The van der Waals surface area contributed by atoms with Gasteiger partial charge >= 0.3 is 0 Å². The fourth-order valence-electron chi connectivity index (χ4n) is 1.85. The molecule has 0 fully saturated rings. The molecule has 0 bridgehead atoms. The molecule has 1 rings (SSSR count). The minimum atomic E-state index is -0.456. The zero-order chi connectivity index (χ0) is 18.5. The van der Waals surface area contributed by atoms with E-state index in [4.69, 9.17) is 10.6 Å². The van der Waals surface area contributed by atoms with Crippen LogP contribution in [0.3, 0.4) is 0 Å². The highest BCUT2D eigenvalue weighted by molar-refractivity contribution is 7.99. The maximum atomic E-state index is 12.2. The molecule has 0 saturated heterocycles. The number of anilines is 1. The van der Waals surface area contributed by atoms with Gasteiger partial charge in [-0.15, -0.1) is 0 Å². The molecule has 0 unspecified atom stereocenters. The van der Waals surface area contributed by atoms with Crippen LogP contribution in [0.4, 0.5) is 5.69 Å². The number of thioether (sulfide) groups is 1. The lowest BCUT2D eigenvalue weighted by Gasteiger charge is -2.21. The third kappa shape index (κ3) is 6.93. The van der Waals surface area contributed by atoms with Crippen molar-refractivity contribution in [1.29, 1.82) is 5.41 Å². The molecule has 0 radical (unpaired) electrons. The average Bonchev–Trinajstić information content (AvgIpc) is 2.45. The van der Waals surface area contributed by atoms with Crippen LogP contribution in [0.15, 0.2) is 18.2 Å². The topological polar surface area (TPSA) is 85.2 Å². The van der Waals surface area contributed by atoms with Gasteiger partial charge in [0.2, 0.25) is 5.91 Å². The molecule has 1 aromatic carbocycles. The van der Waals surface area contributed by atoms with Crippen molar-refractivity contribution in [2.24, 2.45) is 5.41 Å². The van der Waals surface area contributed by atoms with Crippen molar-refractivity contribution in [1.82, 2.24) is 5.48 Å². The molecule has 0 heterocycles. The van der Waals surface area contributed by atoms with Crippen molar-refractivity contribution >= 4 is 29.2 Å². The van der Waals surface area contributed by atoms with Gasteiger partial charge in [0.1, 0.15) is 5.84 Å². The highest BCUT2D eigenvalue weighted by atomic mass is 32.2. The Morgan fingerprint density at radius 1 is 1.17 bits per heavy atom. The molecule has 0 spiro atoms. The molecule has 0 aromatic heterocycles. The van der Waals surface area contributed by atoms with Gasteiger partial charge in [0.15, 0.2) is 0 Å². The number of hydroxylamine groups is 1. The van der Waals surface area contributed by atoms with Crippen LogP contribution in [-0.4, -0.2) is 21.7 Å². The summed E-state index contributed by atoms with van der Waals surface area (Å²) >= 11 is 1.80. The highest BCUT2D eigenvalue weighted by Crippen LogP contribution is 2.30. The molecule has 134 valence electrons. The van der Waals surface area contributed by atoms with Gasteiger partial charge in [0.05, 0.1) is 0 Å². The van der Waals surface area contributed by atoms with Gasteiger partial charge in [-0.05, 0) is 23.3 Å². The summed E-state index contributed by atoms with van der Waals surface area (Å²) in [5.74, 6) is 0.787. The number of amides is 1. The first-order valence-electron chi connectivity index (χ1n) is 7.97. The molecule has 6 heteroatoms. The fraction of sp³-hybridized carbons (Fsp3) is 0.556. The number of carbonyl (C=O) groups excluding carboxylic acids is 1. The molecule has 0 aliphatic carbocycles. The third-order valence-corrected chi connectivity index (χ3v) is 4.63. The Bertz CT molecular complexity index is 601. The van der Waals surface area contributed by atoms with E-state index >= 15 is 0 Å². The van der Waals surface area contributed by atoms with Gasteiger partial charge in [-0.1, -0.05) is 47.6 Å². The summed E-state index contributed by atoms with van der Waals surface area (Å²) in [4.78, 5) is 12.2. The van der Waals surface area contributed by atoms with Crippen LogP contribution in [-0.2, 0) is 17.0 Å². The van der Waals surface area contributed by atoms with E-state index in [0.29, 0.717) is 6.42 Å². The molecule has 1 aromatic rings. The van der Waals surface area contributed by atoms with Gasteiger partial charge in [-0.3, -0.25) is 20.9 Å². The number of rotatable bonds is 5. The van der Waals surface area contributed by atoms with Crippen molar-refractivity contribution < 1.29 is 10.0 Å². The van der Waals surface area contributed by atoms with Gasteiger partial charge in [0.25, 0.3) is 0 Å². The first-order valence-corrected chi connectivity index (χ1v) is 8.95. The van der Waals surface area contributed by atoms with Crippen molar-refractivity contribution in [2.45, 2.75) is 58.5 Å². The lowest BCUT2D eigenvalue weighted by Crippen LogP contribution is -2.27. The number of benzene rings is 1. The van der Waals surface area contributed by atoms with Crippen LogP contribution in [0.1, 0.15) is 52.7 Å². The van der Waals surface area contributed by atoms with Gasteiger partial charge < -0.3 is 5.32 Å². The second kappa shape index (κ2) is 8.03. The van der Waals surface area contributed by atoms with Crippen LogP contribution in [0.5, 0.6) is 0 Å². The Morgan fingerprint density at radius 3 is 2.29 bits per heavy atom. The summed E-state index contributed by atoms with van der Waals surface area (Å²) in [5.41, 5.74) is 4.21. The molecule has 24 heavy (non-hydrogen) atoms. The van der Waals surface area contributed by atoms with Crippen LogP contribution in [0, 0.1) is 10.8 Å². The molecular weight excluding hydrogens is 322 g/mol. The van der Waals surface area contributed by atoms with E-state index in [1.807, 2.05) is 44.5 Å². The van der Waals surface area contributed by atoms with E-state index in [-0.39, 0.29) is 16.5 Å². The standard InChI is InChI=1S/C18H29N3O2S/c1-17(2,3)16(22)20-14-8-7-12(10-15(19)21-23)13(9-14)11-24-18(4,5)6/h7-9,23H,10-11H2,1-6H3,(H2,19,21)(H,20,22). The van der Waals surface area contributed by atoms with Crippen LogP contribution < -0.4 is 10.8 Å². The average molecular weight is 352 g/mol. The van der Waals surface area contributed by atoms with Gasteiger partial charge in [-0.2, -0.15) is 11.8 Å². The lowest BCUT2D eigenvalue weighted by molar-refractivity contribution is -0.123. The number of hydrogen-bond donors (Lipinski definition) is 4. The van der Waals surface area contributed by atoms with E-state index in [1.165, 1.54) is 0 Å². The minimum Gasteiger partial charge on any atom is -0.326 e. The summed E-state index contributed by atoms with van der Waals surface area (Å²) in [6.45, 7) is 12.1. The van der Waals surface area contributed by atoms with E-state index in [9.17, 15) is 4.79 Å². The first-order chi connectivity index (χ1) is 10.9. The maximum Gasteiger partial charge on any atom is 0.229 e. The van der Waals surface area contributed by atoms with Crippen LogP contribution in [0.2, 0.25) is 0 Å². The summed E-state index contributed by atoms with van der Waals surface area (Å²) < 4.78 is 0.116. The number of nitrogens with one attached hydrogen (secondary N) is 3. The predicted octanol–water partition coefficient (Wildman–Crippen LogP) is 4.20. The molecule has 1 amide bonds. The third-order valence-electron chi connectivity index (χ3n) is 3.31. The Morgan fingerprint density at radius 2 is 1.79 bits per heavy atom. The Hall–Kier alpha value is -1.53. The number of hydrogen-bond acceptors (Lipinski definition) is 4. The predicted molar refractivity (Wildman–Crippen MR) is 102 cm³/mol. The Labute approximate surface area is 149 Å². The first kappa shape index (κ1) is 20.5. The van der Waals surface area contributed by atoms with Crippen molar-refractivity contribution in [3.05, 3.63) is 29.3 Å². The van der Waals surface area contributed by atoms with E-state index in [0.717, 1.165) is 22.6 Å². The molecule has 5 nitrogen and oxygen atoms in total. The summed E-state index contributed by atoms with van der Waals surface area (Å²) in [7, 11) is 0. The largest absolute Gasteiger partial charge is 0.326 e. The molecule has 0 aliphatic rings. The van der Waals surface area contributed by atoms with E-state index < -0.39 is 5.41 Å². The SMILES string of the molecule is CC(C)(C)SCc1cc(NC(=O)C(C)(C)C)ccc1CC(=N)NO. The number of amidine groups is 1. The second-order valence-corrected chi connectivity index (χ2v) is 9.66. The van der Waals surface area contributed by atoms with Gasteiger partial charge in [0, 0.05) is 28.0 Å². The fourth-order valence-corrected chi connectivity index (χ4v) is 2.71. The lowest BCUT2D eigenvalue weighted by atomic mass is 9.95. The monoisotopic (exact) mass is 351 g/mol. The Kier molecular flexibility index (Phi) is 6.86. The molecule has 0 saturated carbocycles.